The summed E-state index contributed by atoms with van der Waals surface area (Å²) in [6.45, 7) is 7.14. The largest absolute Gasteiger partial charge is 0.444 e. The van der Waals surface area contributed by atoms with Crippen molar-refractivity contribution in [1.29, 1.82) is 0 Å². The molecule has 0 aliphatic carbocycles. The lowest BCUT2D eigenvalue weighted by Gasteiger charge is -2.33. The molecule has 1 fully saturated rings. The molecule has 0 unspecified atom stereocenters. The Morgan fingerprint density at radius 3 is 2.44 bits per heavy atom. The summed E-state index contributed by atoms with van der Waals surface area (Å²) >= 11 is 0. The lowest BCUT2D eigenvalue weighted by atomic mass is 10.1. The van der Waals surface area contributed by atoms with Gasteiger partial charge >= 0.3 is 6.09 Å². The molecule has 1 aromatic carbocycles. The molecule has 10 nitrogen and oxygen atoms in total. The number of rotatable bonds is 5. The van der Waals surface area contributed by atoms with E-state index in [4.69, 9.17) is 16.2 Å². The van der Waals surface area contributed by atoms with Gasteiger partial charge in [-0.05, 0) is 39.2 Å². The van der Waals surface area contributed by atoms with Gasteiger partial charge in [0, 0.05) is 24.8 Å². The minimum absolute atomic E-state index is 0.0649. The first kappa shape index (κ1) is 23.3. The molecule has 0 bridgehead atoms. The smallest absolute Gasteiger partial charge is 0.410 e. The van der Waals surface area contributed by atoms with Crippen molar-refractivity contribution >= 4 is 17.8 Å². The van der Waals surface area contributed by atoms with Gasteiger partial charge in [0.15, 0.2) is 0 Å². The van der Waals surface area contributed by atoms with Crippen LogP contribution in [0.15, 0.2) is 42.7 Å². The van der Waals surface area contributed by atoms with Crippen LogP contribution in [-0.4, -0.2) is 55.2 Å². The highest BCUT2D eigenvalue weighted by Crippen LogP contribution is 2.32. The molecular weight excluding hydrogens is 434 g/mol. The summed E-state index contributed by atoms with van der Waals surface area (Å²) in [5, 5.41) is 9.09. The third-order valence-electron chi connectivity index (χ3n) is 5.75. The quantitative estimate of drug-likeness (QED) is 0.595. The number of hydrogen-bond donors (Lipinski definition) is 2. The zero-order valence-electron chi connectivity index (χ0n) is 19.8. The van der Waals surface area contributed by atoms with Crippen LogP contribution in [0.25, 0.3) is 11.3 Å². The van der Waals surface area contributed by atoms with E-state index in [9.17, 15) is 9.59 Å². The molecule has 0 radical (unpaired) electrons. The first-order chi connectivity index (χ1) is 16.1. The van der Waals surface area contributed by atoms with Crippen molar-refractivity contribution in [2.75, 3.05) is 18.8 Å². The fraction of sp³-hybridized carbons (Fsp3) is 0.417. The normalized spacial score (nSPS) is 14.9. The van der Waals surface area contributed by atoms with Gasteiger partial charge in [-0.15, -0.1) is 0 Å². The van der Waals surface area contributed by atoms with Crippen molar-refractivity contribution in [2.45, 2.75) is 51.8 Å². The number of piperidine rings is 1. The molecular formula is C24H31N7O3. The van der Waals surface area contributed by atoms with Gasteiger partial charge in [0.2, 0.25) is 0 Å². The predicted molar refractivity (Wildman–Crippen MR) is 128 cm³/mol. The van der Waals surface area contributed by atoms with Gasteiger partial charge < -0.3 is 21.1 Å². The molecule has 1 aliphatic rings. The van der Waals surface area contributed by atoms with Crippen LogP contribution in [0.2, 0.25) is 0 Å². The van der Waals surface area contributed by atoms with Crippen LogP contribution in [0.3, 0.4) is 0 Å². The lowest BCUT2D eigenvalue weighted by Crippen LogP contribution is -2.42. The first-order valence-corrected chi connectivity index (χ1v) is 11.3. The molecule has 4 N–H and O–H groups in total. The second-order valence-corrected chi connectivity index (χ2v) is 9.53. The van der Waals surface area contributed by atoms with E-state index in [1.807, 2.05) is 57.3 Å². The maximum atomic E-state index is 12.4. The SMILES string of the molecule is CC(C)(C)OC(=O)N1CCC(n2nc(-c3cnn(Cc4ccccc4)c3)c(C(N)=O)c2N)CC1. The zero-order chi connectivity index (χ0) is 24.5. The second-order valence-electron chi connectivity index (χ2n) is 9.53. The molecule has 1 saturated heterocycles. The Morgan fingerprint density at radius 2 is 1.82 bits per heavy atom. The molecule has 4 rings (SSSR count). The number of aromatic nitrogens is 4. The van der Waals surface area contributed by atoms with Crippen LogP contribution in [0.1, 0.15) is 55.6 Å². The minimum Gasteiger partial charge on any atom is -0.444 e. The van der Waals surface area contributed by atoms with Crippen LogP contribution < -0.4 is 11.5 Å². The van der Waals surface area contributed by atoms with E-state index in [0.717, 1.165) is 5.56 Å². The first-order valence-electron chi connectivity index (χ1n) is 11.3. The standard InChI is InChI=1S/C24H31N7O3/c1-24(2,3)34-23(33)29-11-9-18(10-12-29)31-21(25)19(22(26)32)20(28-31)17-13-27-30(15-17)14-16-7-5-4-6-8-16/h4-8,13,15,18H,9-12,14,25H2,1-3H3,(H2,26,32). The molecule has 0 spiro atoms. The van der Waals surface area contributed by atoms with Gasteiger partial charge in [0.25, 0.3) is 5.91 Å². The van der Waals surface area contributed by atoms with Crippen LogP contribution in [0.5, 0.6) is 0 Å². The molecule has 0 saturated carbocycles. The van der Waals surface area contributed by atoms with E-state index in [-0.39, 0.29) is 23.5 Å². The fourth-order valence-electron chi connectivity index (χ4n) is 4.13. The number of nitrogens with two attached hydrogens (primary N) is 2. The number of carbonyl (C=O) groups excluding carboxylic acids is 2. The van der Waals surface area contributed by atoms with Crippen LogP contribution in [0.4, 0.5) is 10.6 Å². The summed E-state index contributed by atoms with van der Waals surface area (Å²) in [6, 6.07) is 9.89. The molecule has 3 heterocycles. The zero-order valence-corrected chi connectivity index (χ0v) is 19.8. The Kier molecular flexibility index (Phi) is 6.32. The van der Waals surface area contributed by atoms with E-state index < -0.39 is 11.5 Å². The summed E-state index contributed by atoms with van der Waals surface area (Å²) in [4.78, 5) is 26.3. The Hall–Kier alpha value is -3.82. The Bertz CT molecular complexity index is 1170. The third-order valence-corrected chi connectivity index (χ3v) is 5.75. The van der Waals surface area contributed by atoms with Crippen molar-refractivity contribution < 1.29 is 14.3 Å². The molecule has 2 aromatic heterocycles. The van der Waals surface area contributed by atoms with Gasteiger partial charge in [-0.3, -0.25) is 9.48 Å². The number of primary amides is 1. The Morgan fingerprint density at radius 1 is 1.15 bits per heavy atom. The monoisotopic (exact) mass is 465 g/mol. The molecule has 1 aliphatic heterocycles. The second kappa shape index (κ2) is 9.20. The number of hydrogen-bond acceptors (Lipinski definition) is 6. The summed E-state index contributed by atoms with van der Waals surface area (Å²) in [7, 11) is 0. The Balaban J connectivity index is 1.53. The third kappa shape index (κ3) is 5.05. The number of carbonyl (C=O) groups is 2. The maximum Gasteiger partial charge on any atom is 0.410 e. The maximum absolute atomic E-state index is 12.4. The van der Waals surface area contributed by atoms with Crippen molar-refractivity contribution in [1.82, 2.24) is 24.5 Å². The minimum atomic E-state index is -0.638. The van der Waals surface area contributed by atoms with Crippen LogP contribution in [0, 0.1) is 0 Å². The highest BCUT2D eigenvalue weighted by atomic mass is 16.6. The molecule has 2 amide bonds. The average Bonchev–Trinajstić information content (AvgIpc) is 3.37. The van der Waals surface area contributed by atoms with Crippen LogP contribution in [-0.2, 0) is 11.3 Å². The van der Waals surface area contributed by atoms with Crippen molar-refractivity contribution in [3.8, 4) is 11.3 Å². The number of anilines is 1. The molecule has 180 valence electrons. The molecule has 10 heteroatoms. The topological polar surface area (TPSA) is 134 Å². The number of nitrogens with zero attached hydrogens (tertiary/aromatic N) is 5. The fourth-order valence-corrected chi connectivity index (χ4v) is 4.13. The number of nitrogen functional groups attached to an aromatic ring is 1. The summed E-state index contributed by atoms with van der Waals surface area (Å²) in [5.74, 6) is -0.408. The van der Waals surface area contributed by atoms with Crippen molar-refractivity contribution in [3.63, 3.8) is 0 Å². The lowest BCUT2D eigenvalue weighted by molar-refractivity contribution is 0.0185. The van der Waals surface area contributed by atoms with Gasteiger partial charge in [0.1, 0.15) is 22.7 Å². The molecule has 0 atom stereocenters. The predicted octanol–water partition coefficient (Wildman–Crippen LogP) is 3.05. The van der Waals surface area contributed by atoms with Crippen LogP contribution >= 0.6 is 0 Å². The van der Waals surface area contributed by atoms with Crippen molar-refractivity contribution in [3.05, 3.63) is 53.9 Å². The number of benzene rings is 1. The van der Waals surface area contributed by atoms with Gasteiger partial charge in [-0.1, -0.05) is 30.3 Å². The van der Waals surface area contributed by atoms with Gasteiger partial charge in [-0.25, -0.2) is 9.48 Å². The van der Waals surface area contributed by atoms with Gasteiger partial charge in [-0.2, -0.15) is 10.2 Å². The number of amides is 2. The van der Waals surface area contributed by atoms with E-state index in [2.05, 4.69) is 10.2 Å². The van der Waals surface area contributed by atoms with Gasteiger partial charge in [0.05, 0.1) is 18.8 Å². The summed E-state index contributed by atoms with van der Waals surface area (Å²) in [6.07, 6.45) is 4.43. The molecule has 3 aromatic rings. The van der Waals surface area contributed by atoms with E-state index in [0.29, 0.717) is 43.7 Å². The molecule has 34 heavy (non-hydrogen) atoms. The average molecular weight is 466 g/mol. The van der Waals surface area contributed by atoms with E-state index >= 15 is 0 Å². The highest BCUT2D eigenvalue weighted by Gasteiger charge is 2.31. The number of ether oxygens (including phenoxy) is 1. The number of likely N-dealkylation sites (tertiary alicyclic amines) is 1. The van der Waals surface area contributed by atoms with Crippen molar-refractivity contribution in [2.24, 2.45) is 5.73 Å². The Labute approximate surface area is 198 Å². The summed E-state index contributed by atoms with van der Waals surface area (Å²) < 4.78 is 8.91. The van der Waals surface area contributed by atoms with E-state index in [1.165, 1.54) is 0 Å². The summed E-state index contributed by atoms with van der Waals surface area (Å²) in [5.41, 5.74) is 13.9. The highest BCUT2D eigenvalue weighted by molar-refractivity contribution is 6.03. The van der Waals surface area contributed by atoms with E-state index in [1.54, 1.807) is 20.5 Å².